The van der Waals surface area contributed by atoms with Gasteiger partial charge in [0.05, 0.1) is 23.8 Å². The van der Waals surface area contributed by atoms with E-state index >= 15 is 0 Å². The Morgan fingerprint density at radius 1 is 1.00 bits per heavy atom. The first-order valence-corrected chi connectivity index (χ1v) is 10.6. The Hall–Kier alpha value is -2.12. The molecule has 146 valence electrons. The molecule has 8 heteroatoms. The molecule has 0 radical (unpaired) electrons. The Morgan fingerprint density at radius 2 is 1.75 bits per heavy atom. The van der Waals surface area contributed by atoms with Crippen LogP contribution in [0.2, 0.25) is 5.02 Å². The van der Waals surface area contributed by atoms with Crippen LogP contribution < -0.4 is 3.82 Å². The lowest BCUT2D eigenvalue weighted by atomic mass is 10.2. The molecule has 0 aliphatic rings. The molecule has 0 bridgehead atoms. The number of hydrogen-bond acceptors (Lipinski definition) is 4. The van der Waals surface area contributed by atoms with Crippen molar-refractivity contribution in [3.8, 4) is 0 Å². The number of aromatic nitrogens is 1. The highest BCUT2D eigenvalue weighted by Crippen LogP contribution is 2.26. The van der Waals surface area contributed by atoms with E-state index in [-0.39, 0.29) is 17.3 Å². The summed E-state index contributed by atoms with van der Waals surface area (Å²) < 4.78 is 31.9. The van der Waals surface area contributed by atoms with Crippen molar-refractivity contribution in [1.82, 2.24) is 4.98 Å². The lowest BCUT2D eigenvalue weighted by Crippen LogP contribution is -2.23. The number of nitrogens with zero attached hydrogens (tertiary/aromatic N) is 2. The molecule has 5 nitrogen and oxygen atoms in total. The summed E-state index contributed by atoms with van der Waals surface area (Å²) in [7, 11) is -3.93. The number of pyridine rings is 1. The van der Waals surface area contributed by atoms with Gasteiger partial charge < -0.3 is 4.74 Å². The van der Waals surface area contributed by atoms with E-state index < -0.39 is 10.0 Å². The van der Waals surface area contributed by atoms with Crippen LogP contribution in [-0.2, 0) is 28.0 Å². The summed E-state index contributed by atoms with van der Waals surface area (Å²) in [5.74, 6) is 0.105. The van der Waals surface area contributed by atoms with E-state index in [0.29, 0.717) is 26.7 Å². The second-order valence-corrected chi connectivity index (χ2v) is 8.83. The van der Waals surface area contributed by atoms with Crippen LogP contribution >= 0.6 is 23.4 Å². The van der Waals surface area contributed by atoms with Gasteiger partial charge in [0.1, 0.15) is 0 Å². The van der Waals surface area contributed by atoms with Crippen LogP contribution in [0.4, 0.5) is 5.82 Å². The first-order valence-electron chi connectivity index (χ1n) is 8.43. The van der Waals surface area contributed by atoms with Crippen LogP contribution in [0.1, 0.15) is 16.8 Å². The molecule has 3 aromatic rings. The summed E-state index contributed by atoms with van der Waals surface area (Å²) in [4.78, 5) is 4.44. The predicted molar refractivity (Wildman–Crippen MR) is 111 cm³/mol. The first kappa shape index (κ1) is 20.6. The van der Waals surface area contributed by atoms with Gasteiger partial charge in [-0.05, 0) is 48.4 Å². The van der Waals surface area contributed by atoms with Crippen LogP contribution in [0.25, 0.3) is 0 Å². The quantitative estimate of drug-likeness (QED) is 0.482. The topological polar surface area (TPSA) is 59.5 Å². The van der Waals surface area contributed by atoms with Crippen LogP contribution in [0.15, 0.2) is 71.6 Å². The third-order valence-electron chi connectivity index (χ3n) is 3.96. The fourth-order valence-electron chi connectivity index (χ4n) is 2.60. The summed E-state index contributed by atoms with van der Waals surface area (Å²) in [5, 5.41) is 0.639. The average Bonchev–Trinajstić information content (AvgIpc) is 2.68. The van der Waals surface area contributed by atoms with Crippen molar-refractivity contribution < 1.29 is 13.2 Å². The number of hydrogen-bond donors (Lipinski definition) is 0. The molecule has 3 rings (SSSR count). The number of halogens is 2. The zero-order chi connectivity index (χ0) is 20.1. The van der Waals surface area contributed by atoms with E-state index in [1.165, 1.54) is 12.1 Å². The smallest absolute Gasteiger partial charge is 0.279 e. The number of rotatable bonds is 7. The molecule has 0 fully saturated rings. The van der Waals surface area contributed by atoms with Crippen molar-refractivity contribution in [2.24, 2.45) is 0 Å². The van der Waals surface area contributed by atoms with Crippen molar-refractivity contribution in [2.75, 3.05) is 3.82 Å². The molecule has 0 atom stereocenters. The van der Waals surface area contributed by atoms with Crippen molar-refractivity contribution in [1.29, 1.82) is 0 Å². The molecule has 0 saturated carbocycles. The highest BCUT2D eigenvalue weighted by Gasteiger charge is 2.26. The minimum Gasteiger partial charge on any atom is -0.370 e. The Balaban J connectivity index is 1.72. The molecule has 0 saturated heterocycles. The summed E-state index contributed by atoms with van der Waals surface area (Å²) in [6, 6.07) is 19.0. The first-order chi connectivity index (χ1) is 13.4. The predicted octanol–water partition coefficient (Wildman–Crippen LogP) is 5.11. The minimum absolute atomic E-state index is 0.105. The monoisotopic (exact) mass is 436 g/mol. The molecule has 0 unspecified atom stereocenters. The second kappa shape index (κ2) is 8.92. The standard InChI is InChI=1S/C20H18Cl2N2O3S/c1-15-6-2-3-10-19(15)28(25,26)24(22)20-11-5-9-18(23-20)14-27-13-16-7-4-8-17(21)12-16/h2-12H,13-14H2,1H3. The molecule has 28 heavy (non-hydrogen) atoms. The van der Waals surface area contributed by atoms with Crippen LogP contribution in [-0.4, -0.2) is 13.4 Å². The van der Waals surface area contributed by atoms with Gasteiger partial charge in [-0.2, -0.15) is 12.2 Å². The number of sulfonamides is 1. The van der Waals surface area contributed by atoms with E-state index in [0.717, 1.165) is 5.56 Å². The van der Waals surface area contributed by atoms with Crippen molar-refractivity contribution in [3.63, 3.8) is 0 Å². The van der Waals surface area contributed by atoms with Gasteiger partial charge >= 0.3 is 0 Å². The van der Waals surface area contributed by atoms with E-state index in [1.54, 1.807) is 43.3 Å². The SMILES string of the molecule is Cc1ccccc1S(=O)(=O)N(Cl)c1cccc(COCc2cccc(Cl)c2)n1. The Labute approximate surface area is 174 Å². The van der Waals surface area contributed by atoms with E-state index in [1.807, 2.05) is 18.2 Å². The third-order valence-corrected chi connectivity index (χ3v) is 6.54. The largest absolute Gasteiger partial charge is 0.370 e. The summed E-state index contributed by atoms with van der Waals surface area (Å²) in [6.45, 7) is 2.28. The molecule has 1 aromatic heterocycles. The maximum absolute atomic E-state index is 12.8. The van der Waals surface area contributed by atoms with Crippen LogP contribution in [0.3, 0.4) is 0 Å². The molecule has 0 amide bonds. The van der Waals surface area contributed by atoms with Crippen molar-refractivity contribution in [2.45, 2.75) is 25.0 Å². The Bertz CT molecular complexity index is 1070. The zero-order valence-electron chi connectivity index (χ0n) is 15.0. The fraction of sp³-hybridized carbons (Fsp3) is 0.150. The maximum atomic E-state index is 12.8. The third kappa shape index (κ3) is 4.83. The Kier molecular flexibility index (Phi) is 6.57. The number of ether oxygens (including phenoxy) is 1. The van der Waals surface area contributed by atoms with E-state index in [4.69, 9.17) is 28.1 Å². The van der Waals surface area contributed by atoms with E-state index in [2.05, 4.69) is 4.98 Å². The van der Waals surface area contributed by atoms with Gasteiger partial charge in [-0.25, -0.2) is 4.98 Å². The number of aryl methyl sites for hydroxylation is 1. The average molecular weight is 437 g/mol. The van der Waals surface area contributed by atoms with Crippen LogP contribution in [0.5, 0.6) is 0 Å². The molecule has 0 spiro atoms. The maximum Gasteiger partial charge on any atom is 0.279 e. The molecule has 0 aliphatic heterocycles. The summed E-state index contributed by atoms with van der Waals surface area (Å²) in [6.07, 6.45) is 0. The summed E-state index contributed by atoms with van der Waals surface area (Å²) in [5.41, 5.74) is 2.10. The number of benzene rings is 2. The zero-order valence-corrected chi connectivity index (χ0v) is 17.4. The van der Waals surface area contributed by atoms with Crippen LogP contribution in [0, 0.1) is 6.92 Å². The molecule has 2 aromatic carbocycles. The lowest BCUT2D eigenvalue weighted by molar-refractivity contribution is 0.104. The molecule has 0 aliphatic carbocycles. The second-order valence-electron chi connectivity index (χ2n) is 6.10. The molecular formula is C20H18Cl2N2O3S. The fourth-order valence-corrected chi connectivity index (χ4v) is 4.38. The molecular weight excluding hydrogens is 419 g/mol. The summed E-state index contributed by atoms with van der Waals surface area (Å²) >= 11 is 12.1. The normalized spacial score (nSPS) is 11.4. The highest BCUT2D eigenvalue weighted by molar-refractivity contribution is 7.94. The van der Waals surface area contributed by atoms with Crippen molar-refractivity contribution in [3.05, 3.63) is 88.6 Å². The number of anilines is 1. The van der Waals surface area contributed by atoms with Gasteiger partial charge in [0.15, 0.2) is 5.82 Å². The van der Waals surface area contributed by atoms with Gasteiger partial charge in [0.2, 0.25) is 0 Å². The van der Waals surface area contributed by atoms with Gasteiger partial charge in [-0.15, -0.1) is 0 Å². The van der Waals surface area contributed by atoms with Gasteiger partial charge in [0, 0.05) is 16.8 Å². The van der Waals surface area contributed by atoms with E-state index in [9.17, 15) is 8.42 Å². The Morgan fingerprint density at radius 3 is 2.50 bits per heavy atom. The lowest BCUT2D eigenvalue weighted by Gasteiger charge is -2.17. The van der Waals surface area contributed by atoms with Gasteiger partial charge in [-0.3, -0.25) is 0 Å². The molecule has 0 N–H and O–H groups in total. The molecule has 1 heterocycles. The van der Waals surface area contributed by atoms with Gasteiger partial charge in [-0.1, -0.05) is 48.0 Å². The van der Waals surface area contributed by atoms with Gasteiger partial charge in [0.25, 0.3) is 10.0 Å². The van der Waals surface area contributed by atoms with Crippen molar-refractivity contribution >= 4 is 39.2 Å². The highest BCUT2D eigenvalue weighted by atomic mass is 35.5. The minimum atomic E-state index is -3.93.